The van der Waals surface area contributed by atoms with Gasteiger partial charge in [0.05, 0.1) is 31.3 Å². The lowest BCUT2D eigenvalue weighted by Gasteiger charge is -2.23. The van der Waals surface area contributed by atoms with Crippen molar-refractivity contribution in [2.75, 3.05) is 31.3 Å². The minimum atomic E-state index is -3.91. The number of hydrogen-bond donors (Lipinski definition) is 4. The Bertz CT molecular complexity index is 1180. The van der Waals surface area contributed by atoms with Crippen molar-refractivity contribution in [2.45, 2.75) is 45.8 Å². The normalized spacial score (nSPS) is 23.3. The predicted molar refractivity (Wildman–Crippen MR) is 143 cm³/mol. The molecule has 3 rings (SSSR count). The summed E-state index contributed by atoms with van der Waals surface area (Å²) in [6.07, 6.45) is -1.32. The fourth-order valence-corrected chi connectivity index (χ4v) is 5.84. The van der Waals surface area contributed by atoms with Crippen LogP contribution in [0, 0.1) is 11.3 Å². The number of nitrogen functional groups attached to an aromatic ring is 1. The van der Waals surface area contributed by atoms with Gasteiger partial charge in [0.25, 0.3) is 0 Å². The number of aromatic nitrogens is 2. The summed E-state index contributed by atoms with van der Waals surface area (Å²) in [7, 11) is -3.91. The molecule has 0 aliphatic carbocycles. The number of nitrogens with zero attached hydrogens (tertiary/aromatic N) is 2. The van der Waals surface area contributed by atoms with E-state index in [2.05, 4.69) is 10.1 Å². The molecule has 5 N–H and O–H groups in total. The Labute approximate surface area is 225 Å². The first-order valence-corrected chi connectivity index (χ1v) is 14.6. The topological polar surface area (TPSA) is 175 Å². The van der Waals surface area contributed by atoms with E-state index in [0.717, 1.165) is 17.3 Å². The van der Waals surface area contributed by atoms with Crippen LogP contribution in [0.15, 0.2) is 47.4 Å². The zero-order chi connectivity index (χ0) is 27.9. The lowest BCUT2D eigenvalue weighted by Crippen LogP contribution is -2.31. The van der Waals surface area contributed by atoms with E-state index in [0.29, 0.717) is 0 Å². The molecule has 0 saturated carbocycles. The fourth-order valence-electron chi connectivity index (χ4n) is 3.60. The number of nitrogens with one attached hydrogen (secondary N) is 1. The third-order valence-corrected chi connectivity index (χ3v) is 8.81. The van der Waals surface area contributed by atoms with Crippen LogP contribution in [0.1, 0.15) is 32.6 Å². The highest BCUT2D eigenvalue weighted by atomic mass is 32.2. The Morgan fingerprint density at radius 3 is 2.66 bits per heavy atom. The molecule has 2 unspecified atom stereocenters. The van der Waals surface area contributed by atoms with Gasteiger partial charge < -0.3 is 20.7 Å². The molecule has 0 amide bonds. The first kappa shape index (κ1) is 30.5. The minimum absolute atomic E-state index is 0.0692. The molecule has 5 atom stereocenters. The second-order valence-electron chi connectivity index (χ2n) is 9.58. The molecule has 38 heavy (non-hydrogen) atoms. The number of carbonyl (C=O) groups excluding carboxylic acids is 1. The smallest absolute Gasteiger partial charge is 0.395 e. The van der Waals surface area contributed by atoms with Crippen LogP contribution < -0.4 is 16.5 Å². The highest BCUT2D eigenvalue weighted by Crippen LogP contribution is 2.46. The van der Waals surface area contributed by atoms with Crippen molar-refractivity contribution in [3.8, 4) is 0 Å². The monoisotopic (exact) mass is 570 g/mol. The van der Waals surface area contributed by atoms with E-state index in [4.69, 9.17) is 19.5 Å². The summed E-state index contributed by atoms with van der Waals surface area (Å²) in [6.45, 7) is 4.51. The lowest BCUT2D eigenvalue weighted by atomic mass is 9.97. The van der Waals surface area contributed by atoms with Gasteiger partial charge in [0, 0.05) is 24.4 Å². The van der Waals surface area contributed by atoms with Gasteiger partial charge in [-0.05, 0) is 25.5 Å². The summed E-state index contributed by atoms with van der Waals surface area (Å²) in [5, 5.41) is 22.7. The van der Waals surface area contributed by atoms with Crippen LogP contribution in [-0.2, 0) is 29.7 Å². The van der Waals surface area contributed by atoms with Crippen molar-refractivity contribution < 1.29 is 33.4 Å². The Hall–Kier alpha value is -2.09. The molecule has 1 aromatic heterocycles. The molecule has 1 saturated heterocycles. The molecule has 14 heteroatoms. The number of benzene rings is 1. The van der Waals surface area contributed by atoms with Crippen molar-refractivity contribution in [3.63, 3.8) is 0 Å². The summed E-state index contributed by atoms with van der Waals surface area (Å²) in [4.78, 5) is 28.2. The SMILES string of the molecule is C[C@H]1[C@H](O)C(COP(=O)(NCc2ccccc2)OCCSC(=O)C(C)(C)CO)O[C@H]1n1ccc(N)nc1=O. The Morgan fingerprint density at radius 2 is 2.00 bits per heavy atom. The first-order chi connectivity index (χ1) is 18.0. The quantitative estimate of drug-likeness (QED) is 0.204. The van der Waals surface area contributed by atoms with Gasteiger partial charge in [-0.2, -0.15) is 4.98 Å². The number of rotatable bonds is 13. The van der Waals surface area contributed by atoms with E-state index >= 15 is 0 Å². The van der Waals surface area contributed by atoms with Gasteiger partial charge >= 0.3 is 13.4 Å². The number of carbonyl (C=O) groups is 1. The van der Waals surface area contributed by atoms with Gasteiger partial charge in [0.15, 0.2) is 5.12 Å². The molecule has 0 radical (unpaired) electrons. The molecule has 2 heterocycles. The van der Waals surface area contributed by atoms with Crippen LogP contribution in [0.3, 0.4) is 0 Å². The largest absolute Gasteiger partial charge is 0.405 e. The average Bonchev–Trinajstić information content (AvgIpc) is 3.18. The second-order valence-corrected chi connectivity index (χ2v) is 12.5. The maximum atomic E-state index is 13.6. The maximum Gasteiger partial charge on any atom is 0.405 e. The number of nitrogens with two attached hydrogens (primary N) is 1. The van der Waals surface area contributed by atoms with E-state index in [1.165, 1.54) is 16.8 Å². The number of anilines is 1. The van der Waals surface area contributed by atoms with Crippen LogP contribution in [0.4, 0.5) is 5.82 Å². The predicted octanol–water partition coefficient (Wildman–Crippen LogP) is 1.93. The van der Waals surface area contributed by atoms with Gasteiger partial charge in [-0.1, -0.05) is 49.0 Å². The summed E-state index contributed by atoms with van der Waals surface area (Å²) < 4.78 is 31.9. The molecule has 1 fully saturated rings. The van der Waals surface area contributed by atoms with Crippen molar-refractivity contribution in [2.24, 2.45) is 11.3 Å². The number of hydrogen-bond acceptors (Lipinski definition) is 11. The zero-order valence-corrected chi connectivity index (χ0v) is 23.3. The van der Waals surface area contributed by atoms with Crippen LogP contribution in [0.5, 0.6) is 0 Å². The van der Waals surface area contributed by atoms with Crippen LogP contribution >= 0.6 is 19.5 Å². The fraction of sp³-hybridized carbons (Fsp3) is 0.542. The molecule has 2 aromatic rings. The van der Waals surface area contributed by atoms with Crippen LogP contribution in [0.2, 0.25) is 0 Å². The molecule has 1 aliphatic rings. The van der Waals surface area contributed by atoms with E-state index in [1.54, 1.807) is 20.8 Å². The van der Waals surface area contributed by atoms with Crippen molar-refractivity contribution in [1.82, 2.24) is 14.6 Å². The number of aliphatic hydroxyl groups is 2. The third kappa shape index (κ3) is 7.96. The Kier molecular flexibility index (Phi) is 10.7. The molecule has 0 bridgehead atoms. The van der Waals surface area contributed by atoms with Crippen LogP contribution in [0.25, 0.3) is 0 Å². The molecule has 210 valence electrons. The van der Waals surface area contributed by atoms with Gasteiger partial charge in [-0.15, -0.1) is 0 Å². The van der Waals surface area contributed by atoms with Crippen molar-refractivity contribution in [1.29, 1.82) is 0 Å². The van der Waals surface area contributed by atoms with Gasteiger partial charge in [0.1, 0.15) is 18.1 Å². The van der Waals surface area contributed by atoms with E-state index in [1.807, 2.05) is 30.3 Å². The van der Waals surface area contributed by atoms with Crippen molar-refractivity contribution >= 4 is 30.4 Å². The van der Waals surface area contributed by atoms with Crippen LogP contribution in [-0.4, -0.2) is 62.7 Å². The molecule has 0 spiro atoms. The molecule has 1 aromatic carbocycles. The van der Waals surface area contributed by atoms with E-state index < -0.39 is 43.2 Å². The Morgan fingerprint density at radius 1 is 1.29 bits per heavy atom. The Balaban J connectivity index is 1.64. The van der Waals surface area contributed by atoms with Crippen molar-refractivity contribution in [3.05, 3.63) is 58.6 Å². The summed E-state index contributed by atoms with van der Waals surface area (Å²) in [5.74, 6) is -0.238. The highest BCUT2D eigenvalue weighted by molar-refractivity contribution is 8.13. The number of thioether (sulfide) groups is 1. The second kappa shape index (κ2) is 13.3. The minimum Gasteiger partial charge on any atom is -0.395 e. The summed E-state index contributed by atoms with van der Waals surface area (Å²) in [6, 6.07) is 10.7. The first-order valence-electron chi connectivity index (χ1n) is 12.1. The van der Waals surface area contributed by atoms with Gasteiger partial charge in [-0.25, -0.2) is 14.4 Å². The third-order valence-electron chi connectivity index (χ3n) is 6.06. The zero-order valence-electron chi connectivity index (χ0n) is 21.6. The van der Waals surface area contributed by atoms with E-state index in [9.17, 15) is 24.4 Å². The average molecular weight is 571 g/mol. The van der Waals surface area contributed by atoms with Gasteiger partial charge in [0.2, 0.25) is 0 Å². The molecular formula is C24H35N4O8PS. The molecular weight excluding hydrogens is 535 g/mol. The van der Waals surface area contributed by atoms with Gasteiger partial charge in [-0.3, -0.25) is 18.4 Å². The molecule has 12 nitrogen and oxygen atoms in total. The summed E-state index contributed by atoms with van der Waals surface area (Å²) >= 11 is 0.967. The molecule has 1 aliphatic heterocycles. The van der Waals surface area contributed by atoms with E-state index in [-0.39, 0.29) is 43.1 Å². The summed E-state index contributed by atoms with van der Waals surface area (Å²) in [5.41, 5.74) is 4.88. The standard InChI is InChI=1S/C24H35N4O8PS/c1-16-20(30)18(36-21(16)28-10-9-19(25)27-23(28)32)14-35-37(33,26-13-17-7-5-4-6-8-17)34-11-12-38-22(31)24(2,3)15-29/h4-10,16,18,20-21,29-30H,11-15H2,1-3H3,(H,26,33)(H2,25,27,32)/t16-,18?,20-,21+,37?/m0/s1. The number of aliphatic hydroxyl groups excluding tert-OH is 2. The maximum absolute atomic E-state index is 13.6. The number of ether oxygens (including phenoxy) is 1. The highest BCUT2D eigenvalue weighted by Gasteiger charge is 2.43. The lowest BCUT2D eigenvalue weighted by molar-refractivity contribution is -0.119.